The Morgan fingerprint density at radius 1 is 1.06 bits per heavy atom. The maximum absolute atomic E-state index is 13.1. The smallest absolute Gasteiger partial charge is 0.253 e. The number of hydrogen-bond donors (Lipinski definition) is 0. The lowest BCUT2D eigenvalue weighted by molar-refractivity contribution is 0.0698. The van der Waals surface area contributed by atoms with E-state index in [4.69, 9.17) is 9.26 Å². The first-order valence-corrected chi connectivity index (χ1v) is 11.3. The van der Waals surface area contributed by atoms with Gasteiger partial charge in [0.2, 0.25) is 21.7 Å². The summed E-state index contributed by atoms with van der Waals surface area (Å²) in [5.74, 6) is 0.746. The summed E-state index contributed by atoms with van der Waals surface area (Å²) < 4.78 is 50.3. The van der Waals surface area contributed by atoms with Crippen molar-refractivity contribution in [1.82, 2.24) is 19.3 Å². The first-order chi connectivity index (χ1) is 15.3. The van der Waals surface area contributed by atoms with Crippen LogP contribution in [-0.4, -0.2) is 59.8 Å². The third-order valence-electron chi connectivity index (χ3n) is 5.02. The van der Waals surface area contributed by atoms with Crippen LogP contribution in [0.4, 0.5) is 4.39 Å². The lowest BCUT2D eigenvalue weighted by atomic mass is 10.2. The van der Waals surface area contributed by atoms with E-state index in [1.807, 2.05) is 0 Å². The molecule has 0 N–H and O–H groups in total. The van der Waals surface area contributed by atoms with Crippen molar-refractivity contribution in [3.05, 3.63) is 71.6 Å². The number of nitrogens with zero attached hydrogens (tertiary/aromatic N) is 4. The van der Waals surface area contributed by atoms with Gasteiger partial charge in [-0.2, -0.15) is 9.29 Å². The molecule has 0 radical (unpaired) electrons. The first kappa shape index (κ1) is 21.9. The van der Waals surface area contributed by atoms with Crippen molar-refractivity contribution in [2.45, 2.75) is 18.4 Å². The summed E-state index contributed by atoms with van der Waals surface area (Å²) in [7, 11) is -3.73. The van der Waals surface area contributed by atoms with Crippen molar-refractivity contribution in [2.75, 3.05) is 26.2 Å². The summed E-state index contributed by atoms with van der Waals surface area (Å²) in [6.45, 7) is 2.68. The Morgan fingerprint density at radius 3 is 2.31 bits per heavy atom. The highest BCUT2D eigenvalue weighted by atomic mass is 32.2. The number of aryl methyl sites for hydroxylation is 1. The predicted molar refractivity (Wildman–Crippen MR) is 111 cm³/mol. The Morgan fingerprint density at radius 2 is 1.72 bits per heavy atom. The van der Waals surface area contributed by atoms with Crippen LogP contribution >= 0.6 is 0 Å². The monoisotopic (exact) mass is 460 g/mol. The molecule has 3 aromatic rings. The summed E-state index contributed by atoms with van der Waals surface area (Å²) in [4.78, 5) is 18.5. The second kappa shape index (κ2) is 9.05. The molecule has 9 nitrogen and oxygen atoms in total. The molecule has 168 valence electrons. The number of hydrogen-bond acceptors (Lipinski definition) is 7. The van der Waals surface area contributed by atoms with Crippen molar-refractivity contribution in [3.63, 3.8) is 0 Å². The van der Waals surface area contributed by atoms with E-state index < -0.39 is 15.8 Å². The van der Waals surface area contributed by atoms with Crippen molar-refractivity contribution < 1.29 is 26.9 Å². The van der Waals surface area contributed by atoms with Gasteiger partial charge < -0.3 is 14.2 Å². The van der Waals surface area contributed by atoms with Crippen LogP contribution in [0.2, 0.25) is 0 Å². The van der Waals surface area contributed by atoms with Crippen LogP contribution in [0.5, 0.6) is 5.75 Å². The molecular weight excluding hydrogens is 439 g/mol. The van der Waals surface area contributed by atoms with Crippen molar-refractivity contribution in [1.29, 1.82) is 0 Å². The van der Waals surface area contributed by atoms with Crippen LogP contribution in [0.1, 0.15) is 22.1 Å². The molecule has 0 atom stereocenters. The molecule has 2 heterocycles. The number of aromatic nitrogens is 2. The fraction of sp³-hybridized carbons (Fsp3) is 0.286. The minimum atomic E-state index is -3.73. The molecule has 1 fully saturated rings. The maximum Gasteiger partial charge on any atom is 0.253 e. The Kier molecular flexibility index (Phi) is 6.19. The molecule has 0 unspecified atom stereocenters. The highest BCUT2D eigenvalue weighted by Gasteiger charge is 2.30. The Balaban J connectivity index is 1.33. The standard InChI is InChI=1S/C21H21FN4O5S/c1-15-23-20(24-31-15)14-30-18-6-2-16(3-7-18)21(27)25-10-12-26(13-11-25)32(28,29)19-8-4-17(22)5-9-19/h2-9H,10-14H2,1H3. The lowest BCUT2D eigenvalue weighted by Gasteiger charge is -2.34. The number of carbonyl (C=O) groups is 1. The number of piperazine rings is 1. The molecule has 0 saturated carbocycles. The van der Waals surface area contributed by atoms with E-state index in [1.54, 1.807) is 36.1 Å². The van der Waals surface area contributed by atoms with Crippen molar-refractivity contribution >= 4 is 15.9 Å². The molecule has 0 spiro atoms. The molecule has 1 amide bonds. The van der Waals surface area contributed by atoms with E-state index in [0.717, 1.165) is 12.1 Å². The molecule has 1 saturated heterocycles. The lowest BCUT2D eigenvalue weighted by Crippen LogP contribution is -2.50. The summed E-state index contributed by atoms with van der Waals surface area (Å²) in [5.41, 5.74) is 0.475. The molecule has 2 aromatic carbocycles. The molecule has 32 heavy (non-hydrogen) atoms. The van der Waals surface area contributed by atoms with Crippen LogP contribution < -0.4 is 4.74 Å². The first-order valence-electron chi connectivity index (χ1n) is 9.90. The number of carbonyl (C=O) groups excluding carboxylic acids is 1. The minimum absolute atomic E-state index is 0.0326. The normalized spacial score (nSPS) is 15.0. The number of benzene rings is 2. The maximum atomic E-state index is 13.1. The third kappa shape index (κ3) is 4.78. The van der Waals surface area contributed by atoms with Gasteiger partial charge in [0.15, 0.2) is 6.61 Å². The number of amides is 1. The van der Waals surface area contributed by atoms with Gasteiger partial charge in [0, 0.05) is 38.7 Å². The SMILES string of the molecule is Cc1nc(COc2ccc(C(=O)N3CCN(S(=O)(=O)c4ccc(F)cc4)CC3)cc2)no1. The summed E-state index contributed by atoms with van der Waals surface area (Å²) in [6, 6.07) is 11.4. The molecule has 0 aliphatic carbocycles. The van der Waals surface area contributed by atoms with E-state index in [-0.39, 0.29) is 43.6 Å². The Labute approximate surface area is 184 Å². The van der Waals surface area contributed by atoms with Gasteiger partial charge in [0.05, 0.1) is 4.90 Å². The fourth-order valence-electron chi connectivity index (χ4n) is 3.31. The van der Waals surface area contributed by atoms with Crippen LogP contribution in [0.25, 0.3) is 0 Å². The van der Waals surface area contributed by atoms with Crippen LogP contribution in [0.3, 0.4) is 0 Å². The van der Waals surface area contributed by atoms with E-state index in [0.29, 0.717) is 23.0 Å². The topological polar surface area (TPSA) is 106 Å². The molecule has 11 heteroatoms. The number of halogens is 1. The fourth-order valence-corrected chi connectivity index (χ4v) is 4.73. The number of sulfonamides is 1. The third-order valence-corrected chi connectivity index (χ3v) is 6.93. The highest BCUT2D eigenvalue weighted by molar-refractivity contribution is 7.89. The zero-order chi connectivity index (χ0) is 22.7. The molecule has 1 aliphatic heterocycles. The summed E-state index contributed by atoms with van der Waals surface area (Å²) in [5, 5.41) is 3.75. The number of ether oxygens (including phenoxy) is 1. The van der Waals surface area contributed by atoms with Crippen LogP contribution in [0, 0.1) is 12.7 Å². The van der Waals surface area contributed by atoms with E-state index in [9.17, 15) is 17.6 Å². The van der Waals surface area contributed by atoms with Gasteiger partial charge in [-0.25, -0.2) is 12.8 Å². The quantitative estimate of drug-likeness (QED) is 0.555. The highest BCUT2D eigenvalue weighted by Crippen LogP contribution is 2.20. The number of rotatable bonds is 6. The van der Waals surface area contributed by atoms with Crippen LogP contribution in [0.15, 0.2) is 57.9 Å². The van der Waals surface area contributed by atoms with Gasteiger partial charge in [0.25, 0.3) is 5.91 Å². The Bertz CT molecular complexity index is 1190. The van der Waals surface area contributed by atoms with Crippen LogP contribution in [-0.2, 0) is 16.6 Å². The van der Waals surface area contributed by atoms with Gasteiger partial charge in [-0.05, 0) is 48.5 Å². The van der Waals surface area contributed by atoms with Gasteiger partial charge >= 0.3 is 0 Å². The minimum Gasteiger partial charge on any atom is -0.485 e. The second-order valence-electron chi connectivity index (χ2n) is 7.19. The predicted octanol–water partition coefficient (Wildman–Crippen LogP) is 2.24. The summed E-state index contributed by atoms with van der Waals surface area (Å²) in [6.07, 6.45) is 0. The van der Waals surface area contributed by atoms with E-state index >= 15 is 0 Å². The molecule has 0 bridgehead atoms. The second-order valence-corrected chi connectivity index (χ2v) is 9.13. The molecule has 1 aliphatic rings. The van der Waals surface area contributed by atoms with Gasteiger partial charge in [-0.1, -0.05) is 5.16 Å². The zero-order valence-corrected chi connectivity index (χ0v) is 18.1. The van der Waals surface area contributed by atoms with Gasteiger partial charge in [-0.15, -0.1) is 0 Å². The molecular formula is C21H21FN4O5S. The van der Waals surface area contributed by atoms with Gasteiger partial charge in [0.1, 0.15) is 11.6 Å². The van der Waals surface area contributed by atoms with Gasteiger partial charge in [-0.3, -0.25) is 4.79 Å². The molecule has 1 aromatic heterocycles. The molecule has 4 rings (SSSR count). The average Bonchev–Trinajstić information content (AvgIpc) is 3.23. The van der Waals surface area contributed by atoms with Crippen molar-refractivity contribution in [2.24, 2.45) is 0 Å². The average molecular weight is 460 g/mol. The van der Waals surface area contributed by atoms with Crippen molar-refractivity contribution in [3.8, 4) is 5.75 Å². The Hall–Kier alpha value is -3.31. The van der Waals surface area contributed by atoms with E-state index in [1.165, 1.54) is 16.4 Å². The summed E-state index contributed by atoms with van der Waals surface area (Å²) >= 11 is 0. The zero-order valence-electron chi connectivity index (χ0n) is 17.3. The largest absolute Gasteiger partial charge is 0.485 e. The van der Waals surface area contributed by atoms with E-state index in [2.05, 4.69) is 10.1 Å².